The molecule has 0 aliphatic rings. The van der Waals surface area contributed by atoms with E-state index in [9.17, 15) is 13.2 Å². The Bertz CT molecular complexity index is 840. The summed E-state index contributed by atoms with van der Waals surface area (Å²) in [6.45, 7) is -0.743. The molecule has 0 unspecified atom stereocenters. The van der Waals surface area contributed by atoms with Gasteiger partial charge in [0, 0.05) is 9.50 Å². The van der Waals surface area contributed by atoms with E-state index in [1.807, 2.05) is 0 Å². The van der Waals surface area contributed by atoms with E-state index >= 15 is 0 Å². The molecule has 0 fully saturated rings. The lowest BCUT2D eigenvalue weighted by atomic mass is 10.3. The summed E-state index contributed by atoms with van der Waals surface area (Å²) in [5.41, 5.74) is 0.201. The zero-order valence-corrected chi connectivity index (χ0v) is 15.3. The van der Waals surface area contributed by atoms with Crippen LogP contribution in [0.5, 0.6) is 0 Å². The number of carboxylic acids is 1. The van der Waals surface area contributed by atoms with Gasteiger partial charge in [-0.1, -0.05) is 39.1 Å². The molecule has 0 atom stereocenters. The minimum atomic E-state index is -4.19. The number of nitrogens with zero attached hydrogens (tertiary/aromatic N) is 1. The van der Waals surface area contributed by atoms with E-state index in [-0.39, 0.29) is 20.6 Å². The van der Waals surface area contributed by atoms with E-state index in [2.05, 4.69) is 15.9 Å². The molecule has 5 nitrogen and oxygen atoms in total. The number of sulfonamides is 1. The first-order valence-corrected chi connectivity index (χ1v) is 9.16. The number of carbonyl (C=O) groups is 1. The van der Waals surface area contributed by atoms with E-state index in [4.69, 9.17) is 28.3 Å². The van der Waals surface area contributed by atoms with Crippen LogP contribution in [0.25, 0.3) is 0 Å². The second-order valence-electron chi connectivity index (χ2n) is 4.46. The molecule has 0 spiro atoms. The third-order valence-electron chi connectivity index (χ3n) is 2.85. The average Bonchev–Trinajstić information content (AvgIpc) is 2.48. The molecular formula is C14H10BrCl2NO4S. The molecule has 0 amide bonds. The highest BCUT2D eigenvalue weighted by molar-refractivity contribution is 9.10. The van der Waals surface area contributed by atoms with Crippen LogP contribution < -0.4 is 4.31 Å². The van der Waals surface area contributed by atoms with Gasteiger partial charge in [0.15, 0.2) is 0 Å². The number of rotatable bonds is 5. The Labute approximate surface area is 151 Å². The molecule has 122 valence electrons. The van der Waals surface area contributed by atoms with Crippen molar-refractivity contribution in [1.82, 2.24) is 0 Å². The first-order valence-electron chi connectivity index (χ1n) is 6.17. The van der Waals surface area contributed by atoms with Crippen molar-refractivity contribution >= 4 is 60.8 Å². The van der Waals surface area contributed by atoms with E-state index in [0.717, 1.165) is 8.78 Å². The lowest BCUT2D eigenvalue weighted by Gasteiger charge is -2.23. The van der Waals surface area contributed by atoms with Gasteiger partial charge in [0.25, 0.3) is 10.0 Å². The van der Waals surface area contributed by atoms with Gasteiger partial charge in [0.05, 0.1) is 10.7 Å². The second kappa shape index (κ2) is 7.09. The third-order valence-corrected chi connectivity index (χ3v) is 5.87. The minimum absolute atomic E-state index is 0.0399. The van der Waals surface area contributed by atoms with Gasteiger partial charge in [-0.15, -0.1) is 0 Å². The summed E-state index contributed by atoms with van der Waals surface area (Å²) in [7, 11) is -4.19. The molecule has 23 heavy (non-hydrogen) atoms. The predicted molar refractivity (Wildman–Crippen MR) is 92.8 cm³/mol. The van der Waals surface area contributed by atoms with E-state index < -0.39 is 22.5 Å². The standard InChI is InChI=1S/C14H10BrCl2NO4S/c15-9-1-4-11(5-2-9)18(8-14(19)20)23(21,22)13-7-10(16)3-6-12(13)17/h1-7H,8H2,(H,19,20). The molecule has 0 radical (unpaired) electrons. The van der Waals surface area contributed by atoms with Crippen LogP contribution in [-0.2, 0) is 14.8 Å². The summed E-state index contributed by atoms with van der Waals surface area (Å²) in [4.78, 5) is 10.9. The van der Waals surface area contributed by atoms with E-state index in [1.165, 1.54) is 30.3 Å². The van der Waals surface area contributed by atoms with Gasteiger partial charge in [-0.3, -0.25) is 9.10 Å². The minimum Gasteiger partial charge on any atom is -0.480 e. The van der Waals surface area contributed by atoms with Gasteiger partial charge >= 0.3 is 5.97 Å². The molecule has 2 aromatic rings. The van der Waals surface area contributed by atoms with Crippen LogP contribution >= 0.6 is 39.1 Å². The van der Waals surface area contributed by atoms with Gasteiger partial charge in [0.2, 0.25) is 0 Å². The molecule has 0 aliphatic heterocycles. The van der Waals surface area contributed by atoms with Gasteiger partial charge in [-0.2, -0.15) is 0 Å². The summed E-state index contributed by atoms with van der Waals surface area (Å²) in [5, 5.41) is 9.20. The van der Waals surface area contributed by atoms with Crippen molar-refractivity contribution in [1.29, 1.82) is 0 Å². The Morgan fingerprint density at radius 1 is 1.13 bits per heavy atom. The van der Waals surface area contributed by atoms with Crippen LogP contribution in [0.1, 0.15) is 0 Å². The topological polar surface area (TPSA) is 74.7 Å². The Kier molecular flexibility index (Phi) is 5.57. The van der Waals surface area contributed by atoms with Crippen LogP contribution in [0, 0.1) is 0 Å². The van der Waals surface area contributed by atoms with Crippen molar-refractivity contribution in [2.45, 2.75) is 4.90 Å². The summed E-state index contributed by atoms with van der Waals surface area (Å²) >= 11 is 15.0. The number of carboxylic acid groups (broad SMARTS) is 1. The SMILES string of the molecule is O=C(O)CN(c1ccc(Br)cc1)S(=O)(=O)c1cc(Cl)ccc1Cl. The summed E-state index contributed by atoms with van der Waals surface area (Å²) in [6, 6.07) is 10.2. The maximum Gasteiger partial charge on any atom is 0.324 e. The summed E-state index contributed by atoms with van der Waals surface area (Å²) in [6.07, 6.45) is 0. The Morgan fingerprint density at radius 2 is 1.74 bits per heavy atom. The first kappa shape index (κ1) is 18.1. The molecular weight excluding hydrogens is 429 g/mol. The van der Waals surface area contributed by atoms with Crippen molar-refractivity contribution in [3.63, 3.8) is 0 Å². The Hall–Kier alpha value is -1.28. The van der Waals surface area contributed by atoms with E-state index in [0.29, 0.717) is 0 Å². The Balaban J connectivity index is 2.59. The maximum atomic E-state index is 12.8. The molecule has 0 aliphatic carbocycles. The summed E-state index contributed by atoms with van der Waals surface area (Å²) < 4.78 is 27.2. The molecule has 9 heteroatoms. The van der Waals surface area contributed by atoms with Crippen LogP contribution in [0.4, 0.5) is 5.69 Å². The lowest BCUT2D eigenvalue weighted by molar-refractivity contribution is -0.135. The third kappa shape index (κ3) is 4.17. The second-order valence-corrected chi connectivity index (χ2v) is 8.05. The highest BCUT2D eigenvalue weighted by atomic mass is 79.9. The van der Waals surface area contributed by atoms with Gasteiger partial charge in [-0.05, 0) is 42.5 Å². The van der Waals surface area contributed by atoms with Crippen molar-refractivity contribution in [2.75, 3.05) is 10.8 Å². The number of benzene rings is 2. The molecule has 2 rings (SSSR count). The smallest absolute Gasteiger partial charge is 0.324 e. The molecule has 0 bridgehead atoms. The maximum absolute atomic E-state index is 12.8. The highest BCUT2D eigenvalue weighted by Crippen LogP contribution is 2.31. The van der Waals surface area contributed by atoms with Crippen molar-refractivity contribution in [3.05, 3.63) is 57.0 Å². The van der Waals surface area contributed by atoms with Crippen molar-refractivity contribution in [3.8, 4) is 0 Å². The van der Waals surface area contributed by atoms with Crippen molar-refractivity contribution in [2.24, 2.45) is 0 Å². The van der Waals surface area contributed by atoms with E-state index in [1.54, 1.807) is 12.1 Å². The number of hydrogen-bond donors (Lipinski definition) is 1. The monoisotopic (exact) mass is 437 g/mol. The molecule has 0 aromatic heterocycles. The van der Waals surface area contributed by atoms with Crippen LogP contribution in [-0.4, -0.2) is 26.0 Å². The number of aliphatic carboxylic acids is 1. The normalized spacial score (nSPS) is 11.3. The largest absolute Gasteiger partial charge is 0.480 e. The molecule has 1 N–H and O–H groups in total. The lowest BCUT2D eigenvalue weighted by Crippen LogP contribution is -2.35. The van der Waals surface area contributed by atoms with Gasteiger partial charge in [-0.25, -0.2) is 8.42 Å². The van der Waals surface area contributed by atoms with Crippen LogP contribution in [0.2, 0.25) is 10.0 Å². The van der Waals surface area contributed by atoms with Crippen molar-refractivity contribution < 1.29 is 18.3 Å². The van der Waals surface area contributed by atoms with Crippen LogP contribution in [0.15, 0.2) is 51.8 Å². The average molecular weight is 439 g/mol. The molecule has 0 heterocycles. The fourth-order valence-corrected chi connectivity index (χ4v) is 4.26. The van der Waals surface area contributed by atoms with Gasteiger partial charge < -0.3 is 5.11 Å². The first-order chi connectivity index (χ1) is 10.7. The van der Waals surface area contributed by atoms with Gasteiger partial charge in [0.1, 0.15) is 11.4 Å². The number of hydrogen-bond acceptors (Lipinski definition) is 3. The Morgan fingerprint density at radius 3 is 2.30 bits per heavy atom. The zero-order chi connectivity index (χ0) is 17.2. The highest BCUT2D eigenvalue weighted by Gasteiger charge is 2.29. The quantitative estimate of drug-likeness (QED) is 0.764. The fraction of sp³-hybridized carbons (Fsp3) is 0.0714. The number of anilines is 1. The van der Waals surface area contributed by atoms with Crippen LogP contribution in [0.3, 0.4) is 0 Å². The molecule has 0 saturated carbocycles. The number of halogens is 3. The predicted octanol–water partition coefficient (Wildman–Crippen LogP) is 4.04. The molecule has 2 aromatic carbocycles. The summed E-state index contributed by atoms with van der Waals surface area (Å²) in [5.74, 6) is -1.30. The fourth-order valence-electron chi connectivity index (χ4n) is 1.84. The molecule has 0 saturated heterocycles. The zero-order valence-electron chi connectivity index (χ0n) is 11.4.